The first-order chi connectivity index (χ1) is 7.95. The quantitative estimate of drug-likeness (QED) is 0.709. The van der Waals surface area contributed by atoms with Crippen LogP contribution >= 0.6 is 0 Å². The van der Waals surface area contributed by atoms with Crippen LogP contribution in [0.4, 0.5) is 5.69 Å². The molecule has 3 aliphatic heterocycles. The van der Waals surface area contributed by atoms with Crippen molar-refractivity contribution in [2.75, 3.05) is 24.5 Å². The number of hydrogen-bond acceptors (Lipinski definition) is 2. The number of fused-ring (bicyclic) bond motifs is 3. The van der Waals surface area contributed by atoms with Crippen molar-refractivity contribution in [1.29, 1.82) is 0 Å². The molecule has 4 rings (SSSR count). The molecule has 16 heavy (non-hydrogen) atoms. The highest BCUT2D eigenvalue weighted by Gasteiger charge is 2.41. The summed E-state index contributed by atoms with van der Waals surface area (Å²) >= 11 is 0. The third-order valence-electron chi connectivity index (χ3n) is 4.53. The van der Waals surface area contributed by atoms with Gasteiger partial charge in [0.25, 0.3) is 0 Å². The van der Waals surface area contributed by atoms with E-state index in [1.807, 2.05) is 0 Å². The SMILES string of the molecule is c1cc2c3c(c1)C1CNCCC1N3CCC2. The first kappa shape index (κ1) is 9.06. The van der Waals surface area contributed by atoms with Crippen molar-refractivity contribution in [2.24, 2.45) is 0 Å². The van der Waals surface area contributed by atoms with E-state index in [4.69, 9.17) is 0 Å². The van der Waals surface area contributed by atoms with Crippen LogP contribution in [-0.4, -0.2) is 25.7 Å². The molecular weight excluding hydrogens is 196 g/mol. The Morgan fingerprint density at radius 3 is 3.31 bits per heavy atom. The summed E-state index contributed by atoms with van der Waals surface area (Å²) in [5.74, 6) is 0.752. The third-order valence-corrected chi connectivity index (χ3v) is 4.53. The smallest absolute Gasteiger partial charge is 0.0438 e. The molecule has 0 amide bonds. The lowest BCUT2D eigenvalue weighted by Crippen LogP contribution is -2.45. The van der Waals surface area contributed by atoms with Gasteiger partial charge in [-0.3, -0.25) is 0 Å². The third kappa shape index (κ3) is 1.06. The fourth-order valence-electron chi connectivity index (χ4n) is 3.88. The van der Waals surface area contributed by atoms with Gasteiger partial charge < -0.3 is 10.2 Å². The summed E-state index contributed by atoms with van der Waals surface area (Å²) in [6.45, 7) is 3.66. The van der Waals surface area contributed by atoms with Gasteiger partial charge in [-0.2, -0.15) is 0 Å². The topological polar surface area (TPSA) is 15.3 Å². The van der Waals surface area contributed by atoms with Crippen LogP contribution in [0.3, 0.4) is 0 Å². The van der Waals surface area contributed by atoms with E-state index in [2.05, 4.69) is 28.4 Å². The molecule has 1 fully saturated rings. The van der Waals surface area contributed by atoms with Gasteiger partial charge in [0.05, 0.1) is 0 Å². The van der Waals surface area contributed by atoms with Crippen molar-refractivity contribution in [2.45, 2.75) is 31.2 Å². The molecule has 84 valence electrons. The van der Waals surface area contributed by atoms with Crippen molar-refractivity contribution >= 4 is 5.69 Å². The standard InChI is InChI=1S/C14H18N2/c1-3-10-4-2-8-16-13-6-7-15-9-12(13)11(5-1)14(10)16/h1,3,5,12-13,15H,2,4,6-9H2. The number of para-hydroxylation sites is 1. The molecule has 1 saturated heterocycles. The Kier molecular flexibility index (Phi) is 1.83. The lowest BCUT2D eigenvalue weighted by Gasteiger charge is -2.36. The van der Waals surface area contributed by atoms with Crippen LogP contribution in [0.2, 0.25) is 0 Å². The number of nitrogens with zero attached hydrogens (tertiary/aromatic N) is 1. The Labute approximate surface area is 96.6 Å². The number of rotatable bonds is 0. The van der Waals surface area contributed by atoms with E-state index < -0.39 is 0 Å². The number of aryl methyl sites for hydroxylation is 1. The summed E-state index contributed by atoms with van der Waals surface area (Å²) in [6.07, 6.45) is 3.94. The maximum atomic E-state index is 3.55. The monoisotopic (exact) mass is 214 g/mol. The van der Waals surface area contributed by atoms with Gasteiger partial charge in [-0.15, -0.1) is 0 Å². The molecule has 0 radical (unpaired) electrons. The van der Waals surface area contributed by atoms with Crippen molar-refractivity contribution in [3.8, 4) is 0 Å². The summed E-state index contributed by atoms with van der Waals surface area (Å²) in [6, 6.07) is 7.73. The first-order valence-electron chi connectivity index (χ1n) is 6.54. The minimum Gasteiger partial charge on any atom is -0.367 e. The van der Waals surface area contributed by atoms with E-state index in [9.17, 15) is 0 Å². The molecule has 0 bridgehead atoms. The van der Waals surface area contributed by atoms with E-state index in [-0.39, 0.29) is 0 Å². The summed E-state index contributed by atoms with van der Waals surface area (Å²) in [4.78, 5) is 2.71. The second-order valence-electron chi connectivity index (χ2n) is 5.32. The second kappa shape index (κ2) is 3.24. The maximum Gasteiger partial charge on any atom is 0.0438 e. The Morgan fingerprint density at radius 1 is 1.31 bits per heavy atom. The molecule has 1 aromatic rings. The van der Waals surface area contributed by atoms with E-state index in [1.54, 1.807) is 16.8 Å². The summed E-state index contributed by atoms with van der Waals surface area (Å²) in [7, 11) is 0. The molecule has 1 aromatic carbocycles. The van der Waals surface area contributed by atoms with Crippen LogP contribution in [0.1, 0.15) is 29.9 Å². The number of piperidine rings is 1. The predicted octanol–water partition coefficient (Wildman–Crippen LogP) is 1.90. The van der Waals surface area contributed by atoms with E-state index in [0.29, 0.717) is 0 Å². The van der Waals surface area contributed by atoms with Gasteiger partial charge >= 0.3 is 0 Å². The molecule has 0 spiro atoms. The fraction of sp³-hybridized carbons (Fsp3) is 0.571. The highest BCUT2D eigenvalue weighted by Crippen LogP contribution is 2.46. The Balaban J connectivity index is 1.89. The predicted molar refractivity (Wildman–Crippen MR) is 66.1 cm³/mol. The van der Waals surface area contributed by atoms with Crippen molar-refractivity contribution in [3.63, 3.8) is 0 Å². The Hall–Kier alpha value is -1.02. The zero-order valence-corrected chi connectivity index (χ0v) is 9.58. The summed E-state index contributed by atoms with van der Waals surface area (Å²) in [5, 5.41) is 3.55. The van der Waals surface area contributed by atoms with Gasteiger partial charge in [0.2, 0.25) is 0 Å². The zero-order valence-electron chi connectivity index (χ0n) is 9.58. The van der Waals surface area contributed by atoms with Gasteiger partial charge in [0.1, 0.15) is 0 Å². The summed E-state index contributed by atoms with van der Waals surface area (Å²) in [5.41, 5.74) is 4.82. The van der Waals surface area contributed by atoms with Crippen molar-refractivity contribution in [3.05, 3.63) is 29.3 Å². The lowest BCUT2D eigenvalue weighted by molar-refractivity contribution is 0.400. The molecule has 2 nitrogen and oxygen atoms in total. The van der Waals surface area contributed by atoms with Crippen molar-refractivity contribution < 1.29 is 0 Å². The van der Waals surface area contributed by atoms with Gasteiger partial charge in [-0.1, -0.05) is 18.2 Å². The largest absolute Gasteiger partial charge is 0.367 e. The van der Waals surface area contributed by atoms with Gasteiger partial charge in [0, 0.05) is 30.7 Å². The van der Waals surface area contributed by atoms with Crippen LogP contribution < -0.4 is 10.2 Å². The molecule has 2 unspecified atom stereocenters. The molecule has 0 aliphatic carbocycles. The van der Waals surface area contributed by atoms with Crippen LogP contribution in [0.5, 0.6) is 0 Å². The molecule has 3 heterocycles. The number of benzene rings is 1. The molecule has 0 aromatic heterocycles. The molecule has 2 heteroatoms. The number of hydrogen-bond donors (Lipinski definition) is 1. The Morgan fingerprint density at radius 2 is 2.31 bits per heavy atom. The summed E-state index contributed by atoms with van der Waals surface area (Å²) < 4.78 is 0. The maximum absolute atomic E-state index is 3.55. The fourth-order valence-corrected chi connectivity index (χ4v) is 3.88. The lowest BCUT2D eigenvalue weighted by atomic mass is 9.90. The molecule has 3 aliphatic rings. The highest BCUT2D eigenvalue weighted by molar-refractivity contribution is 5.68. The minimum absolute atomic E-state index is 0.752. The number of nitrogens with one attached hydrogen (secondary N) is 1. The first-order valence-corrected chi connectivity index (χ1v) is 6.54. The van der Waals surface area contributed by atoms with E-state index in [0.717, 1.165) is 12.0 Å². The molecular formula is C14H18N2. The Bertz CT molecular complexity index is 427. The van der Waals surface area contributed by atoms with Crippen molar-refractivity contribution in [1.82, 2.24) is 5.32 Å². The molecule has 1 N–H and O–H groups in total. The van der Waals surface area contributed by atoms with Gasteiger partial charge in [-0.25, -0.2) is 0 Å². The minimum atomic E-state index is 0.752. The van der Waals surface area contributed by atoms with Crippen LogP contribution in [0.15, 0.2) is 18.2 Å². The average Bonchev–Trinajstić information content (AvgIpc) is 2.68. The zero-order chi connectivity index (χ0) is 10.5. The van der Waals surface area contributed by atoms with Crippen LogP contribution in [0.25, 0.3) is 0 Å². The van der Waals surface area contributed by atoms with Gasteiger partial charge in [-0.05, 0) is 36.9 Å². The normalized spacial score (nSPS) is 31.1. The van der Waals surface area contributed by atoms with E-state index in [1.165, 1.54) is 38.9 Å². The van der Waals surface area contributed by atoms with Gasteiger partial charge in [0.15, 0.2) is 0 Å². The van der Waals surface area contributed by atoms with Crippen LogP contribution in [0, 0.1) is 0 Å². The van der Waals surface area contributed by atoms with Crippen LogP contribution in [-0.2, 0) is 6.42 Å². The number of anilines is 1. The highest BCUT2D eigenvalue weighted by atomic mass is 15.2. The second-order valence-corrected chi connectivity index (χ2v) is 5.32. The molecule has 2 atom stereocenters. The molecule has 0 saturated carbocycles. The average molecular weight is 214 g/mol. The van der Waals surface area contributed by atoms with E-state index >= 15 is 0 Å².